The van der Waals surface area contributed by atoms with E-state index in [4.69, 9.17) is 0 Å². The lowest BCUT2D eigenvalue weighted by molar-refractivity contribution is 0.617. The van der Waals surface area contributed by atoms with Gasteiger partial charge in [-0.05, 0) is 28.2 Å². The summed E-state index contributed by atoms with van der Waals surface area (Å²) in [6.07, 6.45) is 0. The molecule has 0 spiro atoms. The van der Waals surface area contributed by atoms with Gasteiger partial charge in [0, 0.05) is 12.1 Å². The highest BCUT2D eigenvalue weighted by molar-refractivity contribution is 7.94. The van der Waals surface area contributed by atoms with Crippen molar-refractivity contribution in [3.05, 3.63) is 0 Å². The van der Waals surface area contributed by atoms with Gasteiger partial charge in [-0.25, -0.2) is 8.61 Å². The normalized spacial score (nSPS) is 11.1. The molecule has 0 aliphatic rings. The molecule has 0 heterocycles. The van der Waals surface area contributed by atoms with E-state index >= 15 is 0 Å². The fraction of sp³-hybridized carbons (Fsp3) is 1.00. The molecular formula is C4H12N2S. The summed E-state index contributed by atoms with van der Waals surface area (Å²) in [7, 11) is 8.07. The summed E-state index contributed by atoms with van der Waals surface area (Å²) < 4.78 is 4.08. The van der Waals surface area contributed by atoms with E-state index in [2.05, 4.69) is 0 Å². The SMILES string of the molecule is CN(C)SN(C)C. The second-order valence-corrected chi connectivity index (χ2v) is 3.33. The zero-order chi connectivity index (χ0) is 5.86. The smallest absolute Gasteiger partial charge is 0.00791 e. The number of rotatable bonds is 2. The van der Waals surface area contributed by atoms with Crippen molar-refractivity contribution in [1.29, 1.82) is 0 Å². The molecule has 0 saturated carbocycles. The van der Waals surface area contributed by atoms with Crippen LogP contribution < -0.4 is 0 Å². The third-order valence-corrected chi connectivity index (χ3v) is 0.980. The molecule has 0 bridgehead atoms. The summed E-state index contributed by atoms with van der Waals surface area (Å²) in [5.74, 6) is 0. The topological polar surface area (TPSA) is 6.48 Å². The lowest BCUT2D eigenvalue weighted by atomic mass is 11.3. The molecule has 0 aromatic rings. The number of hydrogen-bond donors (Lipinski definition) is 0. The first-order valence-electron chi connectivity index (χ1n) is 2.15. The van der Waals surface area contributed by atoms with E-state index in [-0.39, 0.29) is 0 Å². The van der Waals surface area contributed by atoms with Crippen LogP contribution in [0.25, 0.3) is 0 Å². The summed E-state index contributed by atoms with van der Waals surface area (Å²) in [6, 6.07) is 0. The van der Waals surface area contributed by atoms with Crippen molar-refractivity contribution < 1.29 is 0 Å². The lowest BCUT2D eigenvalue weighted by Crippen LogP contribution is -2.10. The van der Waals surface area contributed by atoms with E-state index in [9.17, 15) is 0 Å². The molecule has 0 unspecified atom stereocenters. The molecule has 0 aromatic heterocycles. The number of hydrogen-bond acceptors (Lipinski definition) is 3. The van der Waals surface area contributed by atoms with E-state index in [0.717, 1.165) is 0 Å². The molecule has 0 atom stereocenters. The molecule has 0 N–H and O–H groups in total. The molecule has 7 heavy (non-hydrogen) atoms. The molecule has 0 radical (unpaired) electrons. The predicted molar refractivity (Wildman–Crippen MR) is 35.0 cm³/mol. The summed E-state index contributed by atoms with van der Waals surface area (Å²) in [4.78, 5) is 0. The molecular weight excluding hydrogens is 108 g/mol. The second-order valence-electron chi connectivity index (χ2n) is 1.71. The Kier molecular flexibility index (Phi) is 3.42. The summed E-state index contributed by atoms with van der Waals surface area (Å²) in [5, 5.41) is 0. The van der Waals surface area contributed by atoms with Gasteiger partial charge in [0.05, 0.1) is 0 Å². The van der Waals surface area contributed by atoms with E-state index in [0.29, 0.717) is 0 Å². The van der Waals surface area contributed by atoms with Crippen molar-refractivity contribution in [1.82, 2.24) is 8.61 Å². The Morgan fingerprint density at radius 3 is 1.14 bits per heavy atom. The van der Waals surface area contributed by atoms with Gasteiger partial charge in [0.15, 0.2) is 0 Å². The molecule has 0 rings (SSSR count). The lowest BCUT2D eigenvalue weighted by Gasteiger charge is -2.12. The second kappa shape index (κ2) is 3.29. The van der Waals surface area contributed by atoms with Gasteiger partial charge in [-0.3, -0.25) is 0 Å². The maximum absolute atomic E-state index is 2.04. The van der Waals surface area contributed by atoms with Crippen molar-refractivity contribution in [2.45, 2.75) is 0 Å². The maximum Gasteiger partial charge on any atom is 0.00791 e. The minimum absolute atomic E-state index is 1.68. The summed E-state index contributed by atoms with van der Waals surface area (Å²) >= 11 is 1.68. The molecule has 0 saturated heterocycles. The third kappa shape index (κ3) is 6.27. The highest BCUT2D eigenvalue weighted by atomic mass is 32.2. The van der Waals surface area contributed by atoms with Gasteiger partial charge in [0.1, 0.15) is 0 Å². The van der Waals surface area contributed by atoms with Gasteiger partial charge in [-0.2, -0.15) is 0 Å². The van der Waals surface area contributed by atoms with Crippen LogP contribution in [0.2, 0.25) is 0 Å². The van der Waals surface area contributed by atoms with Crippen LogP contribution in [0.5, 0.6) is 0 Å². The van der Waals surface area contributed by atoms with Crippen LogP contribution in [0.4, 0.5) is 0 Å². The van der Waals surface area contributed by atoms with Gasteiger partial charge < -0.3 is 0 Å². The zero-order valence-electron chi connectivity index (χ0n) is 5.30. The Hall–Kier alpha value is 0.270. The van der Waals surface area contributed by atoms with Crippen molar-refractivity contribution in [2.24, 2.45) is 0 Å². The molecule has 0 amide bonds. The average molecular weight is 120 g/mol. The Bertz CT molecular complexity index is 39.0. The minimum atomic E-state index is 1.68. The highest BCUT2D eigenvalue weighted by Gasteiger charge is 1.89. The predicted octanol–water partition coefficient (Wildman–Crippen LogP) is 0.673. The monoisotopic (exact) mass is 120 g/mol. The summed E-state index contributed by atoms with van der Waals surface area (Å²) in [6.45, 7) is 0. The van der Waals surface area contributed by atoms with Gasteiger partial charge in [0.2, 0.25) is 0 Å². The van der Waals surface area contributed by atoms with Gasteiger partial charge in [-0.1, -0.05) is 0 Å². The first kappa shape index (κ1) is 7.27. The maximum atomic E-state index is 2.04. The molecule has 44 valence electrons. The van der Waals surface area contributed by atoms with Crippen molar-refractivity contribution >= 4 is 12.1 Å². The fourth-order valence-electron chi connectivity index (χ4n) is 0.327. The van der Waals surface area contributed by atoms with Gasteiger partial charge in [0.25, 0.3) is 0 Å². The van der Waals surface area contributed by atoms with Crippen LogP contribution in [0.3, 0.4) is 0 Å². The van der Waals surface area contributed by atoms with Crippen LogP contribution in [-0.2, 0) is 0 Å². The molecule has 0 fully saturated rings. The Labute approximate surface area is 49.7 Å². The van der Waals surface area contributed by atoms with Crippen molar-refractivity contribution in [2.75, 3.05) is 28.2 Å². The first-order valence-corrected chi connectivity index (χ1v) is 2.88. The van der Waals surface area contributed by atoms with E-state index in [1.54, 1.807) is 12.1 Å². The van der Waals surface area contributed by atoms with Gasteiger partial charge >= 0.3 is 0 Å². The van der Waals surface area contributed by atoms with Gasteiger partial charge in [-0.15, -0.1) is 0 Å². The Morgan fingerprint density at radius 2 is 1.14 bits per heavy atom. The Balaban J connectivity index is 2.95. The minimum Gasteiger partial charge on any atom is -0.243 e. The van der Waals surface area contributed by atoms with Crippen molar-refractivity contribution in [3.63, 3.8) is 0 Å². The quantitative estimate of drug-likeness (QED) is 0.495. The number of nitrogens with zero attached hydrogens (tertiary/aromatic N) is 2. The first-order chi connectivity index (χ1) is 3.13. The average Bonchev–Trinajstić information content (AvgIpc) is 1.27. The van der Waals surface area contributed by atoms with E-state index in [1.807, 2.05) is 36.8 Å². The molecule has 2 nitrogen and oxygen atoms in total. The standard InChI is InChI=1S/C4H12N2S/c1-5(2)7-6(3)4/h1-4H3. The van der Waals surface area contributed by atoms with Crippen LogP contribution in [0, 0.1) is 0 Å². The molecule has 0 aromatic carbocycles. The Morgan fingerprint density at radius 1 is 0.857 bits per heavy atom. The molecule has 3 heteroatoms. The molecule has 0 aliphatic carbocycles. The van der Waals surface area contributed by atoms with Crippen LogP contribution in [0.15, 0.2) is 0 Å². The fourth-order valence-corrected chi connectivity index (χ4v) is 0.980. The zero-order valence-corrected chi connectivity index (χ0v) is 6.12. The van der Waals surface area contributed by atoms with Crippen LogP contribution in [-0.4, -0.2) is 36.8 Å². The summed E-state index contributed by atoms with van der Waals surface area (Å²) in [5.41, 5.74) is 0. The third-order valence-electron chi connectivity index (χ3n) is 0.327. The molecule has 0 aliphatic heterocycles. The van der Waals surface area contributed by atoms with Crippen molar-refractivity contribution in [3.8, 4) is 0 Å². The highest BCUT2D eigenvalue weighted by Crippen LogP contribution is 2.03. The van der Waals surface area contributed by atoms with Crippen LogP contribution >= 0.6 is 12.1 Å². The van der Waals surface area contributed by atoms with Crippen LogP contribution in [0.1, 0.15) is 0 Å². The van der Waals surface area contributed by atoms with E-state index in [1.165, 1.54) is 0 Å². The van der Waals surface area contributed by atoms with E-state index < -0.39 is 0 Å². The largest absolute Gasteiger partial charge is 0.243 e.